The molecule has 1 aliphatic rings. The summed E-state index contributed by atoms with van der Waals surface area (Å²) in [6, 6.07) is 2.01. The second-order valence-electron chi connectivity index (χ2n) is 5.99. The van der Waals surface area contributed by atoms with Crippen LogP contribution < -0.4 is 0 Å². The summed E-state index contributed by atoms with van der Waals surface area (Å²) in [5, 5.41) is 10.7. The Labute approximate surface area is 124 Å². The Balaban J connectivity index is 2.01. The molecule has 0 radical (unpaired) electrons. The fourth-order valence-electron chi connectivity index (χ4n) is 2.32. The quantitative estimate of drug-likeness (QED) is 0.851. The van der Waals surface area contributed by atoms with Gasteiger partial charge < -0.3 is 10.0 Å². The third-order valence-electron chi connectivity index (χ3n) is 3.74. The molecule has 108 valence electrons. The molecule has 0 unspecified atom stereocenters. The van der Waals surface area contributed by atoms with Crippen LogP contribution in [0.2, 0.25) is 0 Å². The number of carbonyl (C=O) groups excluding carboxylic acids is 1. The summed E-state index contributed by atoms with van der Waals surface area (Å²) in [5.74, 6) is 5.79. The molecule has 2 rings (SSSR count). The van der Waals surface area contributed by atoms with Gasteiger partial charge in [0.05, 0.1) is 6.54 Å². The molecule has 3 nitrogen and oxygen atoms in total. The first-order chi connectivity index (χ1) is 9.50. The number of amides is 1. The number of thiophene rings is 1. The van der Waals surface area contributed by atoms with E-state index in [1.165, 1.54) is 0 Å². The van der Waals surface area contributed by atoms with Gasteiger partial charge in [0.25, 0.3) is 0 Å². The van der Waals surface area contributed by atoms with Crippen molar-refractivity contribution in [1.29, 1.82) is 0 Å². The van der Waals surface area contributed by atoms with Crippen molar-refractivity contribution in [1.82, 2.24) is 4.90 Å². The number of rotatable bonds is 2. The van der Waals surface area contributed by atoms with Crippen molar-refractivity contribution in [2.75, 3.05) is 13.2 Å². The van der Waals surface area contributed by atoms with Crippen LogP contribution in [0.3, 0.4) is 0 Å². The maximum absolute atomic E-state index is 12.2. The predicted molar refractivity (Wildman–Crippen MR) is 81.3 cm³/mol. The van der Waals surface area contributed by atoms with Gasteiger partial charge in [0.1, 0.15) is 6.61 Å². The normalized spacial score (nSPS) is 18.4. The Bertz CT molecular complexity index is 536. The summed E-state index contributed by atoms with van der Waals surface area (Å²) in [7, 11) is 0. The van der Waals surface area contributed by atoms with Gasteiger partial charge in [-0.1, -0.05) is 25.7 Å². The number of carbonyl (C=O) groups is 1. The highest BCUT2D eigenvalue weighted by atomic mass is 32.1. The fraction of sp³-hybridized carbons (Fsp3) is 0.562. The summed E-state index contributed by atoms with van der Waals surface area (Å²) in [6.07, 6.45) is 2.68. The van der Waals surface area contributed by atoms with Crippen LogP contribution in [0.25, 0.3) is 0 Å². The number of nitrogens with zero attached hydrogens (tertiary/aromatic N) is 1. The van der Waals surface area contributed by atoms with E-state index in [1.54, 1.807) is 11.3 Å². The van der Waals surface area contributed by atoms with Crippen LogP contribution in [-0.4, -0.2) is 29.1 Å². The van der Waals surface area contributed by atoms with Crippen LogP contribution in [0.4, 0.5) is 0 Å². The van der Waals surface area contributed by atoms with E-state index in [0.29, 0.717) is 13.0 Å². The SMILES string of the molecule is CC1(C)CCC(=O)N(Cc2cc(C#CCO)cs2)CC1. The van der Waals surface area contributed by atoms with Gasteiger partial charge >= 0.3 is 0 Å². The van der Waals surface area contributed by atoms with Crippen LogP contribution in [0.15, 0.2) is 11.4 Å². The van der Waals surface area contributed by atoms with Crippen LogP contribution in [0.1, 0.15) is 43.6 Å². The van der Waals surface area contributed by atoms with Crippen molar-refractivity contribution in [2.45, 2.75) is 39.7 Å². The van der Waals surface area contributed by atoms with E-state index in [1.807, 2.05) is 16.3 Å². The molecule has 20 heavy (non-hydrogen) atoms. The molecule has 4 heteroatoms. The Morgan fingerprint density at radius 2 is 2.25 bits per heavy atom. The van der Waals surface area contributed by atoms with Gasteiger partial charge in [-0.25, -0.2) is 0 Å². The van der Waals surface area contributed by atoms with Gasteiger partial charge in [-0.2, -0.15) is 0 Å². The van der Waals surface area contributed by atoms with E-state index in [9.17, 15) is 4.79 Å². The highest BCUT2D eigenvalue weighted by Crippen LogP contribution is 2.31. The summed E-state index contributed by atoms with van der Waals surface area (Å²) in [4.78, 5) is 15.3. The predicted octanol–water partition coefficient (Wildman–Crippen LogP) is 2.63. The smallest absolute Gasteiger partial charge is 0.222 e. The molecule has 1 aromatic heterocycles. The number of likely N-dealkylation sites (tertiary alicyclic amines) is 1. The maximum Gasteiger partial charge on any atom is 0.222 e. The lowest BCUT2D eigenvalue weighted by Crippen LogP contribution is -2.29. The fourth-order valence-corrected chi connectivity index (χ4v) is 3.15. The van der Waals surface area contributed by atoms with Crippen molar-refractivity contribution < 1.29 is 9.90 Å². The highest BCUT2D eigenvalue weighted by Gasteiger charge is 2.27. The zero-order valence-corrected chi connectivity index (χ0v) is 12.9. The Hall–Kier alpha value is -1.31. The molecule has 1 saturated heterocycles. The third kappa shape index (κ3) is 4.09. The zero-order valence-electron chi connectivity index (χ0n) is 12.1. The van der Waals surface area contributed by atoms with Crippen molar-refractivity contribution >= 4 is 17.2 Å². The van der Waals surface area contributed by atoms with E-state index < -0.39 is 0 Å². The average molecular weight is 291 g/mol. The van der Waals surface area contributed by atoms with Crippen molar-refractivity contribution in [3.05, 3.63) is 21.9 Å². The lowest BCUT2D eigenvalue weighted by Gasteiger charge is -2.23. The number of hydrogen-bond donors (Lipinski definition) is 1. The first-order valence-corrected chi connectivity index (χ1v) is 7.83. The lowest BCUT2D eigenvalue weighted by molar-refractivity contribution is -0.131. The molecule has 2 heterocycles. The molecule has 1 N–H and O–H groups in total. The molecule has 0 bridgehead atoms. The van der Waals surface area contributed by atoms with E-state index in [4.69, 9.17) is 5.11 Å². The van der Waals surface area contributed by atoms with Crippen molar-refractivity contribution in [3.8, 4) is 11.8 Å². The second kappa shape index (κ2) is 6.43. The number of hydrogen-bond acceptors (Lipinski definition) is 3. The maximum atomic E-state index is 12.2. The van der Waals surface area contributed by atoms with Gasteiger partial charge in [-0.15, -0.1) is 11.3 Å². The van der Waals surface area contributed by atoms with Crippen LogP contribution in [-0.2, 0) is 11.3 Å². The van der Waals surface area contributed by atoms with Gasteiger partial charge in [0.2, 0.25) is 5.91 Å². The first-order valence-electron chi connectivity index (χ1n) is 6.95. The zero-order chi connectivity index (χ0) is 14.6. The van der Waals surface area contributed by atoms with Crippen LogP contribution in [0, 0.1) is 17.3 Å². The largest absolute Gasteiger partial charge is 0.384 e. The second-order valence-corrected chi connectivity index (χ2v) is 6.99. The van der Waals surface area contributed by atoms with Crippen LogP contribution in [0.5, 0.6) is 0 Å². The van der Waals surface area contributed by atoms with E-state index in [2.05, 4.69) is 25.7 Å². The molecule has 1 aromatic rings. The minimum atomic E-state index is -0.120. The number of aliphatic hydroxyl groups is 1. The molecule has 0 atom stereocenters. The monoisotopic (exact) mass is 291 g/mol. The summed E-state index contributed by atoms with van der Waals surface area (Å²) >= 11 is 1.62. The third-order valence-corrected chi connectivity index (χ3v) is 4.66. The van der Waals surface area contributed by atoms with Gasteiger partial charge in [0.15, 0.2) is 0 Å². The summed E-state index contributed by atoms with van der Waals surface area (Å²) < 4.78 is 0. The van der Waals surface area contributed by atoms with Gasteiger partial charge in [-0.05, 0) is 24.3 Å². The van der Waals surface area contributed by atoms with E-state index in [0.717, 1.165) is 29.8 Å². The topological polar surface area (TPSA) is 40.5 Å². The molecule has 1 amide bonds. The standard InChI is InChI=1S/C16H21NO2S/c1-16(2)6-5-15(19)17(8-7-16)11-14-10-13(12-20-14)4-3-9-18/h10,12,18H,5-9,11H2,1-2H3. The van der Waals surface area contributed by atoms with Gasteiger partial charge in [0, 0.05) is 28.8 Å². The molecule has 1 fully saturated rings. The molecule has 0 aliphatic carbocycles. The Morgan fingerprint density at radius 1 is 1.45 bits per heavy atom. The van der Waals surface area contributed by atoms with Crippen molar-refractivity contribution in [3.63, 3.8) is 0 Å². The average Bonchev–Trinajstić information content (AvgIpc) is 2.81. The van der Waals surface area contributed by atoms with E-state index in [-0.39, 0.29) is 17.9 Å². The Kier molecular flexibility index (Phi) is 4.85. The lowest BCUT2D eigenvalue weighted by atomic mass is 9.85. The minimum absolute atomic E-state index is 0.120. The molecule has 0 saturated carbocycles. The highest BCUT2D eigenvalue weighted by molar-refractivity contribution is 7.10. The molecular weight excluding hydrogens is 270 g/mol. The molecule has 0 spiro atoms. The summed E-state index contributed by atoms with van der Waals surface area (Å²) in [5.41, 5.74) is 1.18. The van der Waals surface area contributed by atoms with Gasteiger partial charge in [-0.3, -0.25) is 4.79 Å². The molecule has 1 aliphatic heterocycles. The molecular formula is C16H21NO2S. The molecule has 0 aromatic carbocycles. The number of aliphatic hydroxyl groups excluding tert-OH is 1. The Morgan fingerprint density at radius 3 is 3.00 bits per heavy atom. The summed E-state index contributed by atoms with van der Waals surface area (Å²) in [6.45, 7) is 5.86. The van der Waals surface area contributed by atoms with Crippen molar-refractivity contribution in [2.24, 2.45) is 5.41 Å². The van der Waals surface area contributed by atoms with E-state index >= 15 is 0 Å². The van der Waals surface area contributed by atoms with Crippen LogP contribution >= 0.6 is 11.3 Å². The first kappa shape index (κ1) is 15.1. The minimum Gasteiger partial charge on any atom is -0.384 e.